The molecule has 0 saturated carbocycles. The van der Waals surface area contributed by atoms with Gasteiger partial charge in [0.15, 0.2) is 11.5 Å². The zero-order valence-corrected chi connectivity index (χ0v) is 10.2. The van der Waals surface area contributed by atoms with E-state index in [0.717, 1.165) is 0 Å². The lowest BCUT2D eigenvalue weighted by atomic mass is 10.1. The van der Waals surface area contributed by atoms with Gasteiger partial charge in [-0.05, 0) is 6.07 Å². The SMILES string of the molecule is COc1c(-c2cn[nH]c2N)cc2c(c1Cl)OCO2. The fourth-order valence-corrected chi connectivity index (χ4v) is 2.22. The average Bonchev–Trinajstić information content (AvgIpc) is 2.97. The molecule has 94 valence electrons. The quantitative estimate of drug-likeness (QED) is 0.870. The molecule has 0 atom stereocenters. The molecule has 1 aromatic heterocycles. The minimum Gasteiger partial charge on any atom is -0.494 e. The van der Waals surface area contributed by atoms with Crippen molar-refractivity contribution >= 4 is 17.4 Å². The van der Waals surface area contributed by atoms with E-state index in [1.54, 1.807) is 12.3 Å². The number of aromatic nitrogens is 2. The van der Waals surface area contributed by atoms with Gasteiger partial charge in [-0.2, -0.15) is 5.10 Å². The van der Waals surface area contributed by atoms with Gasteiger partial charge in [0.2, 0.25) is 6.79 Å². The van der Waals surface area contributed by atoms with E-state index in [1.807, 2.05) is 0 Å². The second kappa shape index (κ2) is 3.99. The molecule has 7 heteroatoms. The highest BCUT2D eigenvalue weighted by atomic mass is 35.5. The van der Waals surface area contributed by atoms with Crippen LogP contribution in [0.3, 0.4) is 0 Å². The van der Waals surface area contributed by atoms with E-state index in [1.165, 1.54) is 7.11 Å². The first-order valence-electron chi connectivity index (χ1n) is 5.17. The highest BCUT2D eigenvalue weighted by Crippen LogP contribution is 2.50. The van der Waals surface area contributed by atoms with Gasteiger partial charge in [-0.1, -0.05) is 11.6 Å². The summed E-state index contributed by atoms with van der Waals surface area (Å²) < 4.78 is 15.9. The molecule has 0 radical (unpaired) electrons. The molecule has 1 aliphatic heterocycles. The second-order valence-electron chi connectivity index (χ2n) is 3.70. The molecule has 2 heterocycles. The van der Waals surface area contributed by atoms with Crippen molar-refractivity contribution in [2.75, 3.05) is 19.6 Å². The van der Waals surface area contributed by atoms with E-state index in [0.29, 0.717) is 39.2 Å². The molecule has 0 unspecified atom stereocenters. The van der Waals surface area contributed by atoms with Gasteiger partial charge in [0.25, 0.3) is 0 Å². The van der Waals surface area contributed by atoms with Crippen molar-refractivity contribution in [1.29, 1.82) is 0 Å². The van der Waals surface area contributed by atoms with Crippen LogP contribution >= 0.6 is 11.6 Å². The Morgan fingerprint density at radius 3 is 2.94 bits per heavy atom. The van der Waals surface area contributed by atoms with Crippen LogP contribution in [0.15, 0.2) is 12.3 Å². The van der Waals surface area contributed by atoms with Crippen molar-refractivity contribution in [3.05, 3.63) is 17.3 Å². The van der Waals surface area contributed by atoms with E-state index in [4.69, 9.17) is 31.5 Å². The monoisotopic (exact) mass is 267 g/mol. The smallest absolute Gasteiger partial charge is 0.231 e. The van der Waals surface area contributed by atoms with E-state index in [-0.39, 0.29) is 6.79 Å². The van der Waals surface area contributed by atoms with Crippen molar-refractivity contribution in [2.45, 2.75) is 0 Å². The Labute approximate surface area is 108 Å². The summed E-state index contributed by atoms with van der Waals surface area (Å²) in [4.78, 5) is 0. The Morgan fingerprint density at radius 1 is 1.44 bits per heavy atom. The van der Waals surface area contributed by atoms with Crippen LogP contribution < -0.4 is 19.9 Å². The highest BCUT2D eigenvalue weighted by molar-refractivity contribution is 6.34. The van der Waals surface area contributed by atoms with E-state index in [9.17, 15) is 0 Å². The third-order valence-electron chi connectivity index (χ3n) is 2.72. The molecule has 1 aromatic carbocycles. The molecule has 0 spiro atoms. The lowest BCUT2D eigenvalue weighted by molar-refractivity contribution is 0.174. The first-order valence-corrected chi connectivity index (χ1v) is 5.55. The van der Waals surface area contributed by atoms with E-state index < -0.39 is 0 Å². The number of rotatable bonds is 2. The van der Waals surface area contributed by atoms with Crippen LogP contribution in [0.1, 0.15) is 0 Å². The summed E-state index contributed by atoms with van der Waals surface area (Å²) in [6, 6.07) is 1.77. The standard InChI is InChI=1S/C11H10ClN3O3/c1-16-9-5(6-3-14-15-11(6)13)2-7-10(8(9)12)18-4-17-7/h2-3H,4H2,1H3,(H3,13,14,15). The molecule has 0 aliphatic carbocycles. The van der Waals surface area contributed by atoms with Crippen molar-refractivity contribution in [1.82, 2.24) is 10.2 Å². The normalized spacial score (nSPS) is 12.8. The third kappa shape index (κ3) is 1.46. The number of nitrogens with one attached hydrogen (secondary N) is 1. The molecule has 18 heavy (non-hydrogen) atoms. The number of halogens is 1. The molecule has 0 fully saturated rings. The number of methoxy groups -OCH3 is 1. The Balaban J connectivity index is 2.27. The number of benzene rings is 1. The topological polar surface area (TPSA) is 82.4 Å². The molecular weight excluding hydrogens is 258 g/mol. The Bertz CT molecular complexity index is 612. The molecule has 0 bridgehead atoms. The Morgan fingerprint density at radius 2 is 2.28 bits per heavy atom. The van der Waals surface area contributed by atoms with Crippen LogP contribution in [0.2, 0.25) is 5.02 Å². The predicted octanol–water partition coefficient (Wildman–Crippen LogP) is 2.05. The number of nitrogen functional groups attached to an aromatic ring is 1. The van der Waals surface area contributed by atoms with Crippen LogP contribution in [-0.4, -0.2) is 24.1 Å². The van der Waals surface area contributed by atoms with Gasteiger partial charge in [0.05, 0.1) is 13.3 Å². The van der Waals surface area contributed by atoms with Gasteiger partial charge in [0, 0.05) is 11.1 Å². The lowest BCUT2D eigenvalue weighted by Gasteiger charge is -2.11. The van der Waals surface area contributed by atoms with Gasteiger partial charge in [0.1, 0.15) is 16.6 Å². The molecule has 2 aromatic rings. The number of anilines is 1. The number of hydrogen-bond donors (Lipinski definition) is 2. The number of H-pyrrole nitrogens is 1. The van der Waals surface area contributed by atoms with Gasteiger partial charge < -0.3 is 19.9 Å². The van der Waals surface area contributed by atoms with Crippen LogP contribution in [0.5, 0.6) is 17.2 Å². The summed E-state index contributed by atoms with van der Waals surface area (Å²) in [6.07, 6.45) is 1.60. The molecular formula is C11H10ClN3O3. The number of aromatic amines is 1. The van der Waals surface area contributed by atoms with Gasteiger partial charge >= 0.3 is 0 Å². The largest absolute Gasteiger partial charge is 0.494 e. The van der Waals surface area contributed by atoms with E-state index >= 15 is 0 Å². The molecule has 3 N–H and O–H groups in total. The predicted molar refractivity (Wildman–Crippen MR) is 66.1 cm³/mol. The number of nitrogens with zero attached hydrogens (tertiary/aromatic N) is 1. The van der Waals surface area contributed by atoms with Crippen LogP contribution in [-0.2, 0) is 0 Å². The summed E-state index contributed by atoms with van der Waals surface area (Å²) in [5, 5.41) is 6.90. The summed E-state index contributed by atoms with van der Waals surface area (Å²) >= 11 is 6.23. The number of fused-ring (bicyclic) bond motifs is 1. The molecule has 3 rings (SSSR count). The first-order chi connectivity index (χ1) is 8.72. The second-order valence-corrected chi connectivity index (χ2v) is 4.08. The van der Waals surface area contributed by atoms with Crippen LogP contribution in [0.4, 0.5) is 5.82 Å². The lowest BCUT2D eigenvalue weighted by Crippen LogP contribution is -1.93. The van der Waals surface area contributed by atoms with Crippen LogP contribution in [0, 0.1) is 0 Å². The van der Waals surface area contributed by atoms with Crippen LogP contribution in [0.25, 0.3) is 11.1 Å². The van der Waals surface area contributed by atoms with Gasteiger partial charge in [-0.15, -0.1) is 0 Å². The number of ether oxygens (including phenoxy) is 3. The summed E-state index contributed by atoms with van der Waals surface area (Å²) in [5.41, 5.74) is 7.21. The van der Waals surface area contributed by atoms with Gasteiger partial charge in [-0.25, -0.2) is 0 Å². The molecule has 1 aliphatic rings. The molecule has 0 saturated heterocycles. The maximum absolute atomic E-state index is 6.23. The van der Waals surface area contributed by atoms with Crippen molar-refractivity contribution in [3.8, 4) is 28.4 Å². The minimum atomic E-state index is 0.141. The zero-order chi connectivity index (χ0) is 12.7. The Kier molecular flexibility index (Phi) is 2.45. The number of hydrogen-bond acceptors (Lipinski definition) is 5. The van der Waals surface area contributed by atoms with Crippen molar-refractivity contribution in [3.63, 3.8) is 0 Å². The summed E-state index contributed by atoms with van der Waals surface area (Å²) in [6.45, 7) is 0.141. The molecule has 6 nitrogen and oxygen atoms in total. The van der Waals surface area contributed by atoms with E-state index in [2.05, 4.69) is 10.2 Å². The maximum Gasteiger partial charge on any atom is 0.231 e. The number of nitrogens with two attached hydrogens (primary N) is 1. The van der Waals surface area contributed by atoms with Crippen molar-refractivity contribution < 1.29 is 14.2 Å². The minimum absolute atomic E-state index is 0.141. The zero-order valence-electron chi connectivity index (χ0n) is 9.49. The van der Waals surface area contributed by atoms with Gasteiger partial charge in [-0.3, -0.25) is 5.10 Å². The molecule has 0 amide bonds. The van der Waals surface area contributed by atoms with Crippen molar-refractivity contribution in [2.24, 2.45) is 0 Å². The first kappa shape index (κ1) is 11.0. The third-order valence-corrected chi connectivity index (χ3v) is 3.07. The maximum atomic E-state index is 6.23. The fraction of sp³-hybridized carbons (Fsp3) is 0.182. The summed E-state index contributed by atoms with van der Waals surface area (Å²) in [7, 11) is 1.53. The Hall–Kier alpha value is -2.08. The summed E-state index contributed by atoms with van der Waals surface area (Å²) in [5.74, 6) is 1.97. The average molecular weight is 268 g/mol. The fourth-order valence-electron chi connectivity index (χ4n) is 1.90. The highest BCUT2D eigenvalue weighted by Gasteiger charge is 2.25.